The molecule has 2 aliphatic heterocycles. The van der Waals surface area contributed by atoms with Crippen molar-refractivity contribution in [2.24, 2.45) is 0 Å². The zero-order chi connectivity index (χ0) is 18.0. The zero-order valence-electron chi connectivity index (χ0n) is 14.2. The number of nitrogens with zero attached hydrogens (tertiary/aromatic N) is 4. The number of aromatic nitrogens is 2. The Morgan fingerprint density at radius 1 is 1.44 bits per heavy atom. The van der Waals surface area contributed by atoms with Crippen molar-refractivity contribution in [1.29, 1.82) is 0 Å². The Balaban J connectivity index is 1.59. The molecule has 0 radical (unpaired) electrons. The number of aryl methyl sites for hydroxylation is 2. The number of rotatable bonds is 4. The van der Waals surface area contributed by atoms with Crippen molar-refractivity contribution in [2.45, 2.75) is 32.8 Å². The van der Waals surface area contributed by atoms with E-state index in [0.717, 1.165) is 18.5 Å². The molecule has 0 spiro atoms. The van der Waals surface area contributed by atoms with E-state index >= 15 is 0 Å². The Kier molecular flexibility index (Phi) is 5.53. The standard InChI is InChI=1S/C16H20N4O3S2/c1-10-6-13(18-11(2)17-10)23-12-4-3-5-19(7-12)14(21)8-20-15(22)9-25-16(20)24/h6,12H,3-5,7-9H2,1-2H3. The largest absolute Gasteiger partial charge is 0.472 e. The molecule has 134 valence electrons. The SMILES string of the molecule is Cc1cc(OC2CCCN(C(=O)CN3C(=O)CSC3=S)C2)nc(C)n1. The summed E-state index contributed by atoms with van der Waals surface area (Å²) in [5.74, 6) is 1.33. The third-order valence-corrected chi connectivity index (χ3v) is 5.53. The van der Waals surface area contributed by atoms with E-state index in [1.165, 1.54) is 16.7 Å². The molecule has 0 saturated carbocycles. The smallest absolute Gasteiger partial charge is 0.242 e. The summed E-state index contributed by atoms with van der Waals surface area (Å²) in [6, 6.07) is 1.80. The van der Waals surface area contributed by atoms with E-state index in [4.69, 9.17) is 17.0 Å². The van der Waals surface area contributed by atoms with Crippen LogP contribution in [0.1, 0.15) is 24.4 Å². The summed E-state index contributed by atoms with van der Waals surface area (Å²) in [5.41, 5.74) is 0.852. The van der Waals surface area contributed by atoms with Gasteiger partial charge in [0.2, 0.25) is 17.7 Å². The number of amides is 2. The van der Waals surface area contributed by atoms with Crippen molar-refractivity contribution in [1.82, 2.24) is 19.8 Å². The van der Waals surface area contributed by atoms with Crippen LogP contribution in [0.15, 0.2) is 6.07 Å². The second-order valence-corrected chi connectivity index (χ2v) is 7.76. The molecular formula is C16H20N4O3S2. The molecule has 3 rings (SSSR count). The summed E-state index contributed by atoms with van der Waals surface area (Å²) in [5, 5.41) is 0. The van der Waals surface area contributed by atoms with Crippen LogP contribution >= 0.6 is 24.0 Å². The molecule has 1 unspecified atom stereocenters. The predicted molar refractivity (Wildman–Crippen MR) is 98.5 cm³/mol. The van der Waals surface area contributed by atoms with Crippen LogP contribution in [0, 0.1) is 13.8 Å². The minimum atomic E-state index is -0.109. The Morgan fingerprint density at radius 2 is 2.24 bits per heavy atom. The number of thiocarbonyl (C=S) groups is 1. The van der Waals surface area contributed by atoms with Gasteiger partial charge in [-0.2, -0.15) is 4.98 Å². The first-order valence-electron chi connectivity index (χ1n) is 8.16. The lowest BCUT2D eigenvalue weighted by Crippen LogP contribution is -2.48. The van der Waals surface area contributed by atoms with Gasteiger partial charge >= 0.3 is 0 Å². The summed E-state index contributed by atoms with van der Waals surface area (Å²) < 4.78 is 6.44. The highest BCUT2D eigenvalue weighted by molar-refractivity contribution is 8.23. The molecule has 1 aromatic rings. The van der Waals surface area contributed by atoms with E-state index in [-0.39, 0.29) is 24.5 Å². The molecule has 2 amide bonds. The van der Waals surface area contributed by atoms with Crippen LogP contribution in [0.3, 0.4) is 0 Å². The van der Waals surface area contributed by atoms with Gasteiger partial charge in [-0.15, -0.1) is 0 Å². The van der Waals surface area contributed by atoms with E-state index in [2.05, 4.69) is 9.97 Å². The highest BCUT2D eigenvalue weighted by Gasteiger charge is 2.32. The molecule has 1 aromatic heterocycles. The number of carbonyl (C=O) groups is 2. The Labute approximate surface area is 156 Å². The van der Waals surface area contributed by atoms with E-state index in [1.54, 1.807) is 11.0 Å². The summed E-state index contributed by atoms with van der Waals surface area (Å²) in [7, 11) is 0. The third kappa shape index (κ3) is 4.46. The highest BCUT2D eigenvalue weighted by Crippen LogP contribution is 2.21. The first-order valence-corrected chi connectivity index (χ1v) is 9.55. The quantitative estimate of drug-likeness (QED) is 0.729. The third-order valence-electron chi connectivity index (χ3n) is 4.09. The molecule has 7 nitrogen and oxygen atoms in total. The summed E-state index contributed by atoms with van der Waals surface area (Å²) in [4.78, 5) is 36.0. The van der Waals surface area contributed by atoms with Crippen molar-refractivity contribution in [2.75, 3.05) is 25.4 Å². The Hall–Kier alpha value is -1.74. The lowest BCUT2D eigenvalue weighted by Gasteiger charge is -2.33. The fourth-order valence-corrected chi connectivity index (χ4v) is 4.01. The molecule has 0 aromatic carbocycles. The second-order valence-electron chi connectivity index (χ2n) is 6.15. The number of hydrogen-bond acceptors (Lipinski definition) is 7. The van der Waals surface area contributed by atoms with Crippen LogP contribution < -0.4 is 4.74 Å². The topological polar surface area (TPSA) is 75.6 Å². The van der Waals surface area contributed by atoms with Crippen molar-refractivity contribution in [3.8, 4) is 5.88 Å². The summed E-state index contributed by atoms with van der Waals surface area (Å²) in [6.07, 6.45) is 1.61. The first-order chi connectivity index (χ1) is 11.9. The van der Waals surface area contributed by atoms with Gasteiger partial charge in [0.05, 0.1) is 12.3 Å². The van der Waals surface area contributed by atoms with Gasteiger partial charge in [0.25, 0.3) is 0 Å². The van der Waals surface area contributed by atoms with Gasteiger partial charge in [0, 0.05) is 18.3 Å². The zero-order valence-corrected chi connectivity index (χ0v) is 15.9. The van der Waals surface area contributed by atoms with Crippen molar-refractivity contribution < 1.29 is 14.3 Å². The molecule has 2 fully saturated rings. The highest BCUT2D eigenvalue weighted by atomic mass is 32.2. The van der Waals surface area contributed by atoms with Gasteiger partial charge in [-0.1, -0.05) is 24.0 Å². The molecule has 2 saturated heterocycles. The lowest BCUT2D eigenvalue weighted by molar-refractivity contribution is -0.137. The van der Waals surface area contributed by atoms with E-state index < -0.39 is 0 Å². The number of ether oxygens (including phenoxy) is 1. The minimum Gasteiger partial charge on any atom is -0.472 e. The Bertz CT molecular complexity index is 676. The maximum Gasteiger partial charge on any atom is 0.242 e. The van der Waals surface area contributed by atoms with Crippen LogP contribution in [-0.2, 0) is 9.59 Å². The number of carbonyl (C=O) groups excluding carboxylic acids is 2. The fourth-order valence-electron chi connectivity index (χ4n) is 2.94. The molecule has 2 aliphatic rings. The van der Waals surface area contributed by atoms with Gasteiger partial charge in [0.15, 0.2) is 0 Å². The maximum absolute atomic E-state index is 12.5. The summed E-state index contributed by atoms with van der Waals surface area (Å²) >= 11 is 6.44. The van der Waals surface area contributed by atoms with Gasteiger partial charge in [-0.05, 0) is 26.7 Å². The van der Waals surface area contributed by atoms with Crippen molar-refractivity contribution in [3.63, 3.8) is 0 Å². The van der Waals surface area contributed by atoms with Crippen LogP contribution in [0.4, 0.5) is 0 Å². The molecule has 0 bridgehead atoms. The molecule has 3 heterocycles. The van der Waals surface area contributed by atoms with Crippen LogP contribution in [0.2, 0.25) is 0 Å². The van der Waals surface area contributed by atoms with Crippen molar-refractivity contribution in [3.05, 3.63) is 17.6 Å². The average Bonchev–Trinajstić information content (AvgIpc) is 2.86. The predicted octanol–water partition coefficient (Wildman–Crippen LogP) is 1.32. The van der Waals surface area contributed by atoms with Crippen LogP contribution in [0.5, 0.6) is 5.88 Å². The molecule has 25 heavy (non-hydrogen) atoms. The van der Waals surface area contributed by atoms with Gasteiger partial charge in [-0.25, -0.2) is 4.98 Å². The number of thioether (sulfide) groups is 1. The van der Waals surface area contributed by atoms with Gasteiger partial charge < -0.3 is 9.64 Å². The molecule has 0 aliphatic carbocycles. The van der Waals surface area contributed by atoms with Crippen LogP contribution in [-0.4, -0.2) is 67.4 Å². The monoisotopic (exact) mass is 380 g/mol. The number of piperidine rings is 1. The maximum atomic E-state index is 12.5. The van der Waals surface area contributed by atoms with Crippen LogP contribution in [0.25, 0.3) is 0 Å². The van der Waals surface area contributed by atoms with E-state index in [1.807, 2.05) is 13.8 Å². The molecule has 9 heteroatoms. The minimum absolute atomic E-state index is 0.0170. The van der Waals surface area contributed by atoms with Gasteiger partial charge in [0.1, 0.15) is 22.8 Å². The average molecular weight is 380 g/mol. The second kappa shape index (κ2) is 7.65. The number of likely N-dealkylation sites (tertiary alicyclic amines) is 1. The van der Waals surface area contributed by atoms with E-state index in [9.17, 15) is 9.59 Å². The normalized spacial score (nSPS) is 21.0. The van der Waals surface area contributed by atoms with Gasteiger partial charge in [-0.3, -0.25) is 14.5 Å². The fraction of sp³-hybridized carbons (Fsp3) is 0.562. The Morgan fingerprint density at radius 3 is 2.92 bits per heavy atom. The first kappa shape index (κ1) is 18.1. The summed E-state index contributed by atoms with van der Waals surface area (Å²) in [6.45, 7) is 4.89. The number of hydrogen-bond donors (Lipinski definition) is 0. The lowest BCUT2D eigenvalue weighted by atomic mass is 10.1. The molecule has 0 N–H and O–H groups in total. The van der Waals surface area contributed by atoms with E-state index in [0.29, 0.717) is 34.9 Å². The molecular weight excluding hydrogens is 360 g/mol. The van der Waals surface area contributed by atoms with Crippen molar-refractivity contribution >= 4 is 40.1 Å². The molecule has 1 atom stereocenters.